The maximum Gasteiger partial charge on any atom is 0.199 e. The van der Waals surface area contributed by atoms with Gasteiger partial charge in [-0.3, -0.25) is 0 Å². The van der Waals surface area contributed by atoms with Crippen LogP contribution in [0.2, 0.25) is 13.1 Å². The van der Waals surface area contributed by atoms with Crippen LogP contribution in [-0.2, 0) is 10.1 Å². The molecule has 0 saturated carbocycles. The van der Waals surface area contributed by atoms with Crippen LogP contribution in [-0.4, -0.2) is 59.5 Å². The van der Waals surface area contributed by atoms with Gasteiger partial charge in [0.05, 0.1) is 4.90 Å². The SMILES string of the molecule is CN(C)c1ccc2c(c1)[Si](C)(C)C1=CC(=[N+](C)C)C=CC1=C2c1ccc(Br)cc1S(=O)(=O)[O-]. The van der Waals surface area contributed by atoms with Crippen molar-refractivity contribution in [1.82, 2.24) is 0 Å². The Bertz CT molecular complexity index is 1410. The number of fused-ring (bicyclic) bond motifs is 2. The molecule has 0 unspecified atom stereocenters. The first-order chi connectivity index (χ1) is 15.3. The van der Waals surface area contributed by atoms with Gasteiger partial charge in [-0.05, 0) is 57.4 Å². The Morgan fingerprint density at radius 3 is 2.27 bits per heavy atom. The van der Waals surface area contributed by atoms with Crippen LogP contribution in [0.3, 0.4) is 0 Å². The molecule has 0 saturated heterocycles. The van der Waals surface area contributed by atoms with Gasteiger partial charge in [0.25, 0.3) is 0 Å². The maximum atomic E-state index is 12.3. The van der Waals surface area contributed by atoms with Crippen molar-refractivity contribution in [3.05, 3.63) is 81.0 Å². The zero-order valence-electron chi connectivity index (χ0n) is 19.6. The highest BCUT2D eigenvalue weighted by molar-refractivity contribution is 9.10. The molecule has 172 valence electrons. The molecule has 5 nitrogen and oxygen atoms in total. The number of hydrogen-bond acceptors (Lipinski definition) is 4. The van der Waals surface area contributed by atoms with E-state index >= 15 is 0 Å². The highest BCUT2D eigenvalue weighted by Gasteiger charge is 2.41. The number of anilines is 1. The molecule has 0 aromatic heterocycles. The lowest BCUT2D eigenvalue weighted by molar-refractivity contribution is -0.462. The van der Waals surface area contributed by atoms with Crippen LogP contribution in [0.5, 0.6) is 0 Å². The van der Waals surface area contributed by atoms with Gasteiger partial charge in [-0.1, -0.05) is 41.2 Å². The average Bonchev–Trinajstić information content (AvgIpc) is 2.73. The minimum absolute atomic E-state index is 0.210. The van der Waals surface area contributed by atoms with Gasteiger partial charge < -0.3 is 9.45 Å². The first-order valence-electron chi connectivity index (χ1n) is 10.6. The summed E-state index contributed by atoms with van der Waals surface area (Å²) in [5.41, 5.74) is 5.41. The van der Waals surface area contributed by atoms with E-state index in [9.17, 15) is 13.0 Å². The lowest BCUT2D eigenvalue weighted by Gasteiger charge is -2.38. The minimum atomic E-state index is -4.69. The van der Waals surface area contributed by atoms with Gasteiger partial charge in [-0.25, -0.2) is 13.0 Å². The Balaban J connectivity index is 2.17. The van der Waals surface area contributed by atoms with Crippen molar-refractivity contribution in [2.45, 2.75) is 18.0 Å². The van der Waals surface area contributed by atoms with E-state index in [0.29, 0.717) is 10.0 Å². The van der Waals surface area contributed by atoms with Gasteiger partial charge in [0.15, 0.2) is 5.71 Å². The zero-order valence-corrected chi connectivity index (χ0v) is 23.0. The molecule has 4 rings (SSSR count). The molecular formula is C25H27BrN2O3SSi. The molecule has 2 aliphatic rings. The third-order valence-corrected chi connectivity index (χ3v) is 11.3. The fraction of sp³-hybridized carbons (Fsp3) is 0.240. The van der Waals surface area contributed by atoms with E-state index in [-0.39, 0.29) is 4.90 Å². The Kier molecular flexibility index (Phi) is 5.93. The molecular weight excluding hydrogens is 516 g/mol. The van der Waals surface area contributed by atoms with Crippen LogP contribution >= 0.6 is 15.9 Å². The zero-order chi connectivity index (χ0) is 24.3. The van der Waals surface area contributed by atoms with E-state index in [1.165, 1.54) is 16.4 Å². The normalized spacial score (nSPS) is 16.8. The quantitative estimate of drug-likeness (QED) is 0.335. The molecule has 1 heterocycles. The molecule has 33 heavy (non-hydrogen) atoms. The van der Waals surface area contributed by atoms with E-state index in [2.05, 4.69) is 62.8 Å². The van der Waals surface area contributed by atoms with E-state index in [0.717, 1.165) is 28.1 Å². The van der Waals surface area contributed by atoms with Crippen molar-refractivity contribution < 1.29 is 17.5 Å². The standard InChI is InChI=1S/C25H27BrN2O3SSi/c1-27(2)17-8-11-20-23(14-17)33(5,6)24-15-18(28(3)4)9-12-21(24)25(20)19-10-7-16(26)13-22(19)32(29,30)31/h7-15H,1-6H3. The molecule has 0 fully saturated rings. The summed E-state index contributed by atoms with van der Waals surface area (Å²) in [6.45, 7) is 4.65. The van der Waals surface area contributed by atoms with E-state index in [1.807, 2.05) is 40.3 Å². The molecule has 0 radical (unpaired) electrons. The molecule has 0 spiro atoms. The number of nitrogens with zero attached hydrogens (tertiary/aromatic N) is 2. The third kappa shape index (κ3) is 4.10. The van der Waals surface area contributed by atoms with Crippen molar-refractivity contribution >= 4 is 56.3 Å². The predicted molar refractivity (Wildman–Crippen MR) is 140 cm³/mol. The Hall–Kier alpha value is -2.26. The average molecular weight is 544 g/mol. The van der Waals surface area contributed by atoms with Crippen molar-refractivity contribution in [2.24, 2.45) is 0 Å². The second-order valence-corrected chi connectivity index (χ2v) is 15.9. The van der Waals surface area contributed by atoms with E-state index < -0.39 is 18.2 Å². The predicted octanol–water partition coefficient (Wildman–Crippen LogP) is 3.90. The molecule has 1 aliphatic heterocycles. The first-order valence-corrected chi connectivity index (χ1v) is 15.8. The lowest BCUT2D eigenvalue weighted by atomic mass is 9.89. The summed E-state index contributed by atoms with van der Waals surface area (Å²) < 4.78 is 39.5. The summed E-state index contributed by atoms with van der Waals surface area (Å²) in [6.07, 6.45) is 6.34. The summed E-state index contributed by atoms with van der Waals surface area (Å²) in [7, 11) is 1.22. The summed E-state index contributed by atoms with van der Waals surface area (Å²) in [4.78, 5) is 1.86. The number of rotatable bonds is 3. The largest absolute Gasteiger partial charge is 0.744 e. The molecule has 0 amide bonds. The summed E-state index contributed by atoms with van der Waals surface area (Å²) in [5.74, 6) is 0. The van der Waals surface area contributed by atoms with E-state index in [4.69, 9.17) is 0 Å². The van der Waals surface area contributed by atoms with Gasteiger partial charge in [-0.15, -0.1) is 0 Å². The summed E-state index contributed by atoms with van der Waals surface area (Å²) in [5, 5.41) is 2.45. The van der Waals surface area contributed by atoms with Gasteiger partial charge in [-0.2, -0.15) is 0 Å². The van der Waals surface area contributed by atoms with Crippen LogP contribution in [0, 0.1) is 0 Å². The molecule has 1 aliphatic carbocycles. The molecule has 0 bridgehead atoms. The molecule has 2 aromatic carbocycles. The molecule has 0 atom stereocenters. The second-order valence-electron chi connectivity index (χ2n) is 9.34. The number of allylic oxidation sites excluding steroid dienone is 5. The highest BCUT2D eigenvalue weighted by Crippen LogP contribution is 2.43. The Morgan fingerprint density at radius 1 is 1.00 bits per heavy atom. The highest BCUT2D eigenvalue weighted by atomic mass is 79.9. The van der Waals surface area contributed by atoms with Crippen molar-refractivity contribution in [2.75, 3.05) is 33.1 Å². The van der Waals surface area contributed by atoms with Crippen LogP contribution in [0.25, 0.3) is 5.57 Å². The van der Waals surface area contributed by atoms with Gasteiger partial charge in [0.1, 0.15) is 32.3 Å². The summed E-state index contributed by atoms with van der Waals surface area (Å²) in [6, 6.07) is 11.3. The van der Waals surface area contributed by atoms with Crippen LogP contribution in [0.15, 0.2) is 74.8 Å². The molecule has 2 aromatic rings. The van der Waals surface area contributed by atoms with Crippen molar-refractivity contribution in [3.8, 4) is 0 Å². The fourth-order valence-electron chi connectivity index (χ4n) is 4.58. The number of benzene rings is 2. The first kappa shape index (κ1) is 23.9. The topological polar surface area (TPSA) is 63.5 Å². The van der Waals surface area contributed by atoms with E-state index in [1.54, 1.807) is 12.1 Å². The number of halogens is 1. The van der Waals surface area contributed by atoms with Gasteiger partial charge in [0.2, 0.25) is 0 Å². The molecule has 0 N–H and O–H groups in total. The van der Waals surface area contributed by atoms with Crippen molar-refractivity contribution in [1.29, 1.82) is 0 Å². The van der Waals surface area contributed by atoms with Gasteiger partial charge >= 0.3 is 0 Å². The lowest BCUT2D eigenvalue weighted by Crippen LogP contribution is -2.49. The Morgan fingerprint density at radius 2 is 1.67 bits per heavy atom. The third-order valence-electron chi connectivity index (χ3n) is 6.41. The fourth-order valence-corrected chi connectivity index (χ4v) is 8.88. The maximum absolute atomic E-state index is 12.3. The summed E-state index contributed by atoms with van der Waals surface area (Å²) >= 11 is 3.33. The minimum Gasteiger partial charge on any atom is -0.744 e. The van der Waals surface area contributed by atoms with Crippen molar-refractivity contribution in [3.63, 3.8) is 0 Å². The second kappa shape index (κ2) is 8.20. The van der Waals surface area contributed by atoms with Crippen LogP contribution in [0.1, 0.15) is 11.1 Å². The van der Waals surface area contributed by atoms with Gasteiger partial charge in [0, 0.05) is 42.0 Å². The smallest absolute Gasteiger partial charge is 0.199 e. The monoisotopic (exact) mass is 542 g/mol. The molecule has 8 heteroatoms. The Labute approximate surface area is 205 Å². The number of hydrogen-bond donors (Lipinski definition) is 0. The van der Waals surface area contributed by atoms with Crippen LogP contribution in [0.4, 0.5) is 5.69 Å². The van der Waals surface area contributed by atoms with Crippen LogP contribution < -0.4 is 10.1 Å².